The number of aromatic nitrogens is 2. The Labute approximate surface area is 146 Å². The van der Waals surface area contributed by atoms with Crippen molar-refractivity contribution in [2.45, 2.75) is 31.9 Å². The van der Waals surface area contributed by atoms with Crippen LogP contribution in [0.2, 0.25) is 0 Å². The smallest absolute Gasteiger partial charge is 0.318 e. The number of thiophene rings is 1. The molecule has 3 N–H and O–H groups in total. The Kier molecular flexibility index (Phi) is 5.73. The van der Waals surface area contributed by atoms with Gasteiger partial charge in [0.25, 0.3) is 5.91 Å². The van der Waals surface area contributed by atoms with Crippen LogP contribution < -0.4 is 11.1 Å². The SMILES string of the molecule is Cc1sc2ncnc(SCC(=O)O[C@H](C)C(=O)NC(N)=O)c2c1C. The summed E-state index contributed by atoms with van der Waals surface area (Å²) in [7, 11) is 0. The third kappa shape index (κ3) is 4.20. The topological polar surface area (TPSA) is 124 Å². The van der Waals surface area contributed by atoms with E-state index in [4.69, 9.17) is 10.5 Å². The number of amides is 3. The Morgan fingerprint density at radius 2 is 2.08 bits per heavy atom. The summed E-state index contributed by atoms with van der Waals surface area (Å²) in [6, 6.07) is -0.996. The van der Waals surface area contributed by atoms with Crippen molar-refractivity contribution in [3.63, 3.8) is 0 Å². The first kappa shape index (κ1) is 18.1. The lowest BCUT2D eigenvalue weighted by molar-refractivity contribution is -0.151. The van der Waals surface area contributed by atoms with Gasteiger partial charge in [0.2, 0.25) is 0 Å². The summed E-state index contributed by atoms with van der Waals surface area (Å²) >= 11 is 2.78. The minimum absolute atomic E-state index is 0.0192. The van der Waals surface area contributed by atoms with E-state index in [0.29, 0.717) is 5.03 Å². The van der Waals surface area contributed by atoms with Crippen molar-refractivity contribution in [1.82, 2.24) is 15.3 Å². The molecule has 0 saturated heterocycles. The summed E-state index contributed by atoms with van der Waals surface area (Å²) in [4.78, 5) is 44.4. The molecule has 0 aliphatic rings. The second kappa shape index (κ2) is 7.58. The molecule has 0 unspecified atom stereocenters. The molecule has 0 radical (unpaired) electrons. The van der Waals surface area contributed by atoms with Gasteiger partial charge in [0, 0.05) is 10.3 Å². The largest absolute Gasteiger partial charge is 0.452 e. The van der Waals surface area contributed by atoms with Gasteiger partial charge in [-0.25, -0.2) is 14.8 Å². The summed E-state index contributed by atoms with van der Waals surface area (Å²) in [6.07, 6.45) is 0.343. The average Bonchev–Trinajstić information content (AvgIpc) is 2.80. The maximum absolute atomic E-state index is 11.9. The Morgan fingerprint density at radius 1 is 1.38 bits per heavy atom. The molecule has 0 aromatic carbocycles. The number of hydrogen-bond donors (Lipinski definition) is 2. The number of aryl methyl sites for hydroxylation is 2. The molecule has 0 spiro atoms. The molecule has 0 bridgehead atoms. The molecule has 2 aromatic heterocycles. The number of carbonyl (C=O) groups is 3. The zero-order valence-electron chi connectivity index (χ0n) is 13.3. The van der Waals surface area contributed by atoms with Crippen molar-refractivity contribution in [1.29, 1.82) is 0 Å². The van der Waals surface area contributed by atoms with E-state index in [1.807, 2.05) is 19.2 Å². The molecule has 2 rings (SSSR count). The number of nitrogens with one attached hydrogen (secondary N) is 1. The normalized spacial score (nSPS) is 12.0. The number of nitrogens with zero attached hydrogens (tertiary/aromatic N) is 2. The number of fused-ring (bicyclic) bond motifs is 1. The fourth-order valence-corrected chi connectivity index (χ4v) is 3.79. The number of rotatable bonds is 5. The third-order valence-electron chi connectivity index (χ3n) is 3.18. The minimum Gasteiger partial charge on any atom is -0.452 e. The highest BCUT2D eigenvalue weighted by Crippen LogP contribution is 2.34. The summed E-state index contributed by atoms with van der Waals surface area (Å²) in [6.45, 7) is 5.34. The van der Waals surface area contributed by atoms with Crippen LogP contribution in [0.1, 0.15) is 17.4 Å². The van der Waals surface area contributed by atoms with Crippen molar-refractivity contribution in [2.75, 3.05) is 5.75 Å². The predicted octanol–water partition coefficient (Wildman–Crippen LogP) is 1.53. The maximum Gasteiger partial charge on any atom is 0.318 e. The van der Waals surface area contributed by atoms with Crippen LogP contribution in [0.4, 0.5) is 4.79 Å². The molecule has 24 heavy (non-hydrogen) atoms. The Bertz CT molecular complexity index is 805. The second-order valence-corrected chi connectivity index (χ2v) is 7.08. The van der Waals surface area contributed by atoms with E-state index in [2.05, 4.69) is 9.97 Å². The molecule has 0 aliphatic carbocycles. The monoisotopic (exact) mass is 368 g/mol. The van der Waals surface area contributed by atoms with Crippen LogP contribution in [-0.4, -0.2) is 39.7 Å². The Morgan fingerprint density at radius 3 is 2.75 bits per heavy atom. The highest BCUT2D eigenvalue weighted by molar-refractivity contribution is 8.00. The quantitative estimate of drug-likeness (QED) is 0.466. The first-order valence-electron chi connectivity index (χ1n) is 6.93. The Balaban J connectivity index is 2.00. The van der Waals surface area contributed by atoms with E-state index in [0.717, 1.165) is 20.7 Å². The fourth-order valence-electron chi connectivity index (χ4n) is 1.89. The van der Waals surface area contributed by atoms with Crippen molar-refractivity contribution in [3.8, 4) is 0 Å². The van der Waals surface area contributed by atoms with E-state index in [-0.39, 0.29) is 5.75 Å². The van der Waals surface area contributed by atoms with Crippen LogP contribution in [0.15, 0.2) is 11.4 Å². The third-order valence-corrected chi connectivity index (χ3v) is 5.26. The summed E-state index contributed by atoms with van der Waals surface area (Å²) in [5.41, 5.74) is 5.92. The van der Waals surface area contributed by atoms with Crippen LogP contribution in [0.5, 0.6) is 0 Å². The van der Waals surface area contributed by atoms with Crippen molar-refractivity contribution >= 4 is 51.2 Å². The number of urea groups is 1. The zero-order valence-corrected chi connectivity index (χ0v) is 14.9. The second-order valence-electron chi connectivity index (χ2n) is 4.92. The number of thioether (sulfide) groups is 1. The minimum atomic E-state index is -1.11. The van der Waals surface area contributed by atoms with E-state index in [9.17, 15) is 14.4 Å². The molecule has 8 nitrogen and oxygen atoms in total. The van der Waals surface area contributed by atoms with Gasteiger partial charge >= 0.3 is 12.0 Å². The highest BCUT2D eigenvalue weighted by atomic mass is 32.2. The number of nitrogens with two attached hydrogens (primary N) is 1. The first-order chi connectivity index (χ1) is 11.3. The number of hydrogen-bond acceptors (Lipinski definition) is 8. The van der Waals surface area contributed by atoms with Gasteiger partial charge in [-0.05, 0) is 26.3 Å². The van der Waals surface area contributed by atoms with Crippen molar-refractivity contribution in [3.05, 3.63) is 16.8 Å². The van der Waals surface area contributed by atoms with Crippen LogP contribution in [0, 0.1) is 13.8 Å². The van der Waals surface area contributed by atoms with Gasteiger partial charge in [-0.15, -0.1) is 11.3 Å². The fraction of sp³-hybridized carbons (Fsp3) is 0.357. The molecule has 0 saturated carbocycles. The predicted molar refractivity (Wildman–Crippen MR) is 90.9 cm³/mol. The molecule has 0 aliphatic heterocycles. The molecular weight excluding hydrogens is 352 g/mol. The lowest BCUT2D eigenvalue weighted by Gasteiger charge is -2.11. The van der Waals surface area contributed by atoms with Gasteiger partial charge in [-0.1, -0.05) is 11.8 Å². The van der Waals surface area contributed by atoms with Crippen molar-refractivity contribution < 1.29 is 19.1 Å². The number of esters is 1. The van der Waals surface area contributed by atoms with E-state index in [1.54, 1.807) is 11.3 Å². The molecular formula is C14H16N4O4S2. The van der Waals surface area contributed by atoms with Gasteiger partial charge in [0.15, 0.2) is 6.10 Å². The molecule has 10 heteroatoms. The van der Waals surface area contributed by atoms with Gasteiger partial charge in [0.1, 0.15) is 16.2 Å². The zero-order chi connectivity index (χ0) is 17.9. The molecule has 128 valence electrons. The number of primary amides is 1. The lowest BCUT2D eigenvalue weighted by Crippen LogP contribution is -2.42. The lowest BCUT2D eigenvalue weighted by atomic mass is 10.2. The average molecular weight is 368 g/mol. The van der Waals surface area contributed by atoms with Gasteiger partial charge in [-0.3, -0.25) is 14.9 Å². The molecule has 0 fully saturated rings. The van der Waals surface area contributed by atoms with E-state index < -0.39 is 24.0 Å². The van der Waals surface area contributed by atoms with Gasteiger partial charge < -0.3 is 10.5 Å². The van der Waals surface area contributed by atoms with Gasteiger partial charge in [-0.2, -0.15) is 0 Å². The molecule has 2 heterocycles. The number of imide groups is 1. The van der Waals surface area contributed by atoms with Crippen LogP contribution in [-0.2, 0) is 14.3 Å². The summed E-state index contributed by atoms with van der Waals surface area (Å²) < 4.78 is 4.96. The van der Waals surface area contributed by atoms with E-state index in [1.165, 1.54) is 25.0 Å². The maximum atomic E-state index is 11.9. The van der Waals surface area contributed by atoms with Crippen LogP contribution in [0.3, 0.4) is 0 Å². The van der Waals surface area contributed by atoms with Crippen molar-refractivity contribution in [2.24, 2.45) is 5.73 Å². The summed E-state index contributed by atoms with van der Waals surface area (Å²) in [5.74, 6) is -1.38. The molecule has 3 amide bonds. The van der Waals surface area contributed by atoms with Gasteiger partial charge in [0.05, 0.1) is 5.75 Å². The first-order valence-corrected chi connectivity index (χ1v) is 8.73. The standard InChI is InChI=1S/C14H16N4O4S2/c1-6-8(3)24-13-10(6)12(16-5-17-13)23-4-9(19)22-7(2)11(20)18-14(15)21/h5,7H,4H2,1-3H3,(H3,15,18,20,21)/t7-/m1/s1. The van der Waals surface area contributed by atoms with Crippen LogP contribution >= 0.6 is 23.1 Å². The number of ether oxygens (including phenoxy) is 1. The Hall–Kier alpha value is -2.20. The molecule has 2 aromatic rings. The summed E-state index contributed by atoms with van der Waals surface area (Å²) in [5, 5.41) is 3.47. The van der Waals surface area contributed by atoms with Crippen LogP contribution in [0.25, 0.3) is 10.2 Å². The van der Waals surface area contributed by atoms with E-state index >= 15 is 0 Å². The molecule has 1 atom stereocenters. The number of carbonyl (C=O) groups excluding carboxylic acids is 3. The highest BCUT2D eigenvalue weighted by Gasteiger charge is 2.20.